The minimum Gasteiger partial charge on any atom is -0.315 e. The van der Waals surface area contributed by atoms with Crippen molar-refractivity contribution in [2.24, 2.45) is 5.92 Å². The van der Waals surface area contributed by atoms with Crippen molar-refractivity contribution in [2.75, 3.05) is 26.2 Å². The lowest BCUT2D eigenvalue weighted by Crippen LogP contribution is -2.49. The molecule has 0 aromatic carbocycles. The summed E-state index contributed by atoms with van der Waals surface area (Å²) in [6.45, 7) is 7.52. The molecule has 0 spiro atoms. The summed E-state index contributed by atoms with van der Waals surface area (Å²) in [4.78, 5) is 2.74. The number of likely N-dealkylation sites (tertiary alicyclic amines) is 1. The molecular formula is C12H24N2. The van der Waals surface area contributed by atoms with Crippen LogP contribution in [0.4, 0.5) is 0 Å². The number of hydrogen-bond acceptors (Lipinski definition) is 2. The molecule has 0 aromatic heterocycles. The summed E-state index contributed by atoms with van der Waals surface area (Å²) in [5, 5.41) is 3.52. The fourth-order valence-corrected chi connectivity index (χ4v) is 2.91. The van der Waals surface area contributed by atoms with E-state index in [0.717, 1.165) is 12.0 Å². The van der Waals surface area contributed by atoms with Gasteiger partial charge in [0.25, 0.3) is 0 Å². The third-order valence-corrected chi connectivity index (χ3v) is 3.92. The molecule has 2 aliphatic rings. The summed E-state index contributed by atoms with van der Waals surface area (Å²) >= 11 is 0. The van der Waals surface area contributed by atoms with E-state index in [0.29, 0.717) is 0 Å². The number of piperidine rings is 2. The van der Waals surface area contributed by atoms with Crippen LogP contribution in [0.15, 0.2) is 0 Å². The van der Waals surface area contributed by atoms with Crippen LogP contribution in [0, 0.1) is 5.92 Å². The molecule has 0 bridgehead atoms. The van der Waals surface area contributed by atoms with Crippen molar-refractivity contribution in [3.05, 3.63) is 0 Å². The molecule has 2 heteroatoms. The van der Waals surface area contributed by atoms with Crippen LogP contribution in [-0.4, -0.2) is 37.1 Å². The fourth-order valence-electron chi connectivity index (χ4n) is 2.91. The topological polar surface area (TPSA) is 15.3 Å². The van der Waals surface area contributed by atoms with Crippen molar-refractivity contribution in [2.45, 2.75) is 45.1 Å². The molecular weight excluding hydrogens is 172 g/mol. The van der Waals surface area contributed by atoms with Gasteiger partial charge in [0, 0.05) is 19.1 Å². The van der Waals surface area contributed by atoms with E-state index in [1.807, 2.05) is 0 Å². The van der Waals surface area contributed by atoms with Crippen LogP contribution < -0.4 is 5.32 Å². The van der Waals surface area contributed by atoms with E-state index in [1.54, 1.807) is 0 Å². The second-order valence-electron chi connectivity index (χ2n) is 4.91. The summed E-state index contributed by atoms with van der Waals surface area (Å²) < 4.78 is 0. The Morgan fingerprint density at radius 2 is 2.21 bits per heavy atom. The average molecular weight is 196 g/mol. The van der Waals surface area contributed by atoms with Gasteiger partial charge in [-0.3, -0.25) is 4.90 Å². The van der Waals surface area contributed by atoms with Gasteiger partial charge in [0.1, 0.15) is 0 Å². The molecule has 82 valence electrons. The molecule has 2 saturated heterocycles. The predicted molar refractivity (Wildman–Crippen MR) is 60.5 cm³/mol. The van der Waals surface area contributed by atoms with E-state index in [2.05, 4.69) is 17.1 Å². The van der Waals surface area contributed by atoms with Crippen LogP contribution in [0.3, 0.4) is 0 Å². The van der Waals surface area contributed by atoms with Gasteiger partial charge in [-0.15, -0.1) is 0 Å². The third-order valence-electron chi connectivity index (χ3n) is 3.92. The minimum atomic E-state index is 0.845. The molecule has 2 atom stereocenters. The summed E-state index contributed by atoms with van der Waals surface area (Å²) in [7, 11) is 0. The maximum absolute atomic E-state index is 3.52. The minimum absolute atomic E-state index is 0.845. The third kappa shape index (κ3) is 2.48. The summed E-state index contributed by atoms with van der Waals surface area (Å²) in [5.74, 6) is 0.977. The van der Waals surface area contributed by atoms with Crippen molar-refractivity contribution >= 4 is 0 Å². The van der Waals surface area contributed by atoms with Crippen LogP contribution >= 0.6 is 0 Å². The molecule has 1 unspecified atom stereocenters. The SMILES string of the molecule is CC[C@H]1CCCN(C2CCCNC2)C1. The number of rotatable bonds is 2. The fraction of sp³-hybridized carbons (Fsp3) is 1.00. The molecule has 14 heavy (non-hydrogen) atoms. The smallest absolute Gasteiger partial charge is 0.0221 e. The van der Waals surface area contributed by atoms with Crippen molar-refractivity contribution in [1.82, 2.24) is 10.2 Å². The van der Waals surface area contributed by atoms with Crippen molar-refractivity contribution in [3.63, 3.8) is 0 Å². The lowest BCUT2D eigenvalue weighted by molar-refractivity contribution is 0.104. The predicted octanol–water partition coefficient (Wildman–Crippen LogP) is 1.86. The lowest BCUT2D eigenvalue weighted by Gasteiger charge is -2.40. The van der Waals surface area contributed by atoms with Crippen LogP contribution in [0.25, 0.3) is 0 Å². The molecule has 0 saturated carbocycles. The Morgan fingerprint density at radius 3 is 2.93 bits per heavy atom. The lowest BCUT2D eigenvalue weighted by atomic mass is 9.93. The van der Waals surface area contributed by atoms with Crippen LogP contribution in [0.2, 0.25) is 0 Å². The first-order chi connectivity index (χ1) is 6.90. The first-order valence-electron chi connectivity index (χ1n) is 6.35. The largest absolute Gasteiger partial charge is 0.315 e. The first-order valence-corrected chi connectivity index (χ1v) is 6.35. The normalized spacial score (nSPS) is 35.8. The Bertz CT molecular complexity index is 164. The Kier molecular flexibility index (Phi) is 3.82. The molecule has 1 N–H and O–H groups in total. The molecule has 2 heterocycles. The van der Waals surface area contributed by atoms with E-state index < -0.39 is 0 Å². The van der Waals surface area contributed by atoms with Gasteiger partial charge in [0.15, 0.2) is 0 Å². The zero-order chi connectivity index (χ0) is 9.80. The van der Waals surface area contributed by atoms with Gasteiger partial charge < -0.3 is 5.32 Å². The molecule has 2 nitrogen and oxygen atoms in total. The van der Waals surface area contributed by atoms with Gasteiger partial charge in [0.05, 0.1) is 0 Å². The van der Waals surface area contributed by atoms with Gasteiger partial charge in [-0.2, -0.15) is 0 Å². The van der Waals surface area contributed by atoms with Gasteiger partial charge >= 0.3 is 0 Å². The van der Waals surface area contributed by atoms with Crippen molar-refractivity contribution in [3.8, 4) is 0 Å². The molecule has 0 aromatic rings. The second-order valence-corrected chi connectivity index (χ2v) is 4.91. The van der Waals surface area contributed by atoms with E-state index in [-0.39, 0.29) is 0 Å². The first kappa shape index (κ1) is 10.4. The Labute approximate surface area is 88.1 Å². The Morgan fingerprint density at radius 1 is 1.29 bits per heavy atom. The van der Waals surface area contributed by atoms with Crippen LogP contribution in [-0.2, 0) is 0 Å². The molecule has 0 aliphatic carbocycles. The standard InChI is InChI=1S/C12H24N2/c1-2-11-5-4-8-14(10-11)12-6-3-7-13-9-12/h11-13H,2-10H2,1H3/t11-,12?/m0/s1. The maximum Gasteiger partial charge on any atom is 0.0221 e. The van der Waals surface area contributed by atoms with Gasteiger partial charge in [-0.25, -0.2) is 0 Å². The van der Waals surface area contributed by atoms with E-state index in [1.165, 1.54) is 58.3 Å². The number of nitrogens with zero attached hydrogens (tertiary/aromatic N) is 1. The highest BCUT2D eigenvalue weighted by Crippen LogP contribution is 2.22. The summed E-state index contributed by atoms with van der Waals surface area (Å²) in [6.07, 6.45) is 7.06. The summed E-state index contributed by atoms with van der Waals surface area (Å²) in [6, 6.07) is 0.845. The monoisotopic (exact) mass is 196 g/mol. The molecule has 0 radical (unpaired) electrons. The molecule has 0 amide bonds. The average Bonchev–Trinajstić information content (AvgIpc) is 2.30. The Hall–Kier alpha value is -0.0800. The molecule has 2 fully saturated rings. The Balaban J connectivity index is 1.83. The highest BCUT2D eigenvalue weighted by atomic mass is 15.2. The van der Waals surface area contributed by atoms with E-state index >= 15 is 0 Å². The zero-order valence-electron chi connectivity index (χ0n) is 9.47. The zero-order valence-corrected chi connectivity index (χ0v) is 9.47. The number of nitrogens with one attached hydrogen (secondary N) is 1. The quantitative estimate of drug-likeness (QED) is 0.725. The molecule has 2 aliphatic heterocycles. The summed E-state index contributed by atoms with van der Waals surface area (Å²) in [5.41, 5.74) is 0. The highest BCUT2D eigenvalue weighted by Gasteiger charge is 2.25. The van der Waals surface area contributed by atoms with Gasteiger partial charge in [-0.1, -0.05) is 13.3 Å². The van der Waals surface area contributed by atoms with Crippen LogP contribution in [0.5, 0.6) is 0 Å². The van der Waals surface area contributed by atoms with Crippen molar-refractivity contribution in [1.29, 1.82) is 0 Å². The van der Waals surface area contributed by atoms with Crippen molar-refractivity contribution < 1.29 is 0 Å². The maximum atomic E-state index is 3.52. The van der Waals surface area contributed by atoms with Crippen LogP contribution in [0.1, 0.15) is 39.0 Å². The van der Waals surface area contributed by atoms with E-state index in [4.69, 9.17) is 0 Å². The van der Waals surface area contributed by atoms with Gasteiger partial charge in [-0.05, 0) is 44.7 Å². The number of hydrogen-bond donors (Lipinski definition) is 1. The van der Waals surface area contributed by atoms with Gasteiger partial charge in [0.2, 0.25) is 0 Å². The second kappa shape index (κ2) is 5.13. The highest BCUT2D eigenvalue weighted by molar-refractivity contribution is 4.82. The van der Waals surface area contributed by atoms with E-state index in [9.17, 15) is 0 Å². The molecule has 2 rings (SSSR count).